The number of halogens is 3. The molecule has 0 amide bonds. The van der Waals surface area contributed by atoms with Gasteiger partial charge in [0, 0.05) is 11.4 Å². The van der Waals surface area contributed by atoms with Gasteiger partial charge in [-0.25, -0.2) is 9.67 Å². The Labute approximate surface area is 217 Å². The van der Waals surface area contributed by atoms with Crippen molar-refractivity contribution in [3.63, 3.8) is 0 Å². The summed E-state index contributed by atoms with van der Waals surface area (Å²) < 4.78 is 7.12. The van der Waals surface area contributed by atoms with Gasteiger partial charge in [-0.05, 0) is 49.6 Å². The molecule has 0 saturated heterocycles. The van der Waals surface area contributed by atoms with Crippen molar-refractivity contribution in [2.75, 3.05) is 6.61 Å². The van der Waals surface area contributed by atoms with Crippen LogP contribution in [0.2, 0.25) is 15.1 Å². The Morgan fingerprint density at radius 1 is 1.11 bits per heavy atom. The Hall–Kier alpha value is -2.58. The lowest BCUT2D eigenvalue weighted by Crippen LogP contribution is -2.27. The van der Waals surface area contributed by atoms with Gasteiger partial charge in [0.1, 0.15) is 29.3 Å². The second kappa shape index (κ2) is 9.82. The van der Waals surface area contributed by atoms with Crippen molar-refractivity contribution >= 4 is 45.8 Å². The highest BCUT2D eigenvalue weighted by Crippen LogP contribution is 2.34. The molecule has 0 aliphatic heterocycles. The van der Waals surface area contributed by atoms with Crippen LogP contribution in [0, 0.1) is 0 Å². The van der Waals surface area contributed by atoms with Crippen LogP contribution >= 0.6 is 34.8 Å². The van der Waals surface area contributed by atoms with Gasteiger partial charge in [-0.1, -0.05) is 60.8 Å². The van der Waals surface area contributed by atoms with Crippen LogP contribution in [0.25, 0.3) is 16.7 Å². The van der Waals surface area contributed by atoms with Gasteiger partial charge in [-0.2, -0.15) is 5.10 Å². The maximum absolute atomic E-state index is 13.1. The number of aliphatic hydroxyl groups is 1. The van der Waals surface area contributed by atoms with Crippen LogP contribution in [0.5, 0.6) is 5.75 Å². The van der Waals surface area contributed by atoms with Crippen LogP contribution in [-0.2, 0) is 6.42 Å². The molecule has 184 valence electrons. The number of fused-ring (bicyclic) bond motifs is 1. The molecule has 0 unspecified atom stereocenters. The number of H-pyrrole nitrogens is 1. The van der Waals surface area contributed by atoms with E-state index in [1.165, 1.54) is 4.68 Å². The lowest BCUT2D eigenvalue weighted by Gasteiger charge is -2.17. The zero-order valence-electron chi connectivity index (χ0n) is 19.7. The zero-order chi connectivity index (χ0) is 25.5. The van der Waals surface area contributed by atoms with Gasteiger partial charge >= 0.3 is 0 Å². The fourth-order valence-corrected chi connectivity index (χ4v) is 4.61. The van der Waals surface area contributed by atoms with E-state index in [4.69, 9.17) is 44.5 Å². The third kappa shape index (κ3) is 5.64. The van der Waals surface area contributed by atoms with Gasteiger partial charge in [0.2, 0.25) is 0 Å². The molecule has 4 aromatic rings. The number of benzene rings is 2. The maximum Gasteiger partial charge on any atom is 0.262 e. The number of nitrogens with one attached hydrogen (secondary N) is 1. The van der Waals surface area contributed by atoms with Gasteiger partial charge < -0.3 is 14.8 Å². The molecule has 0 radical (unpaired) electrons. The molecule has 0 spiro atoms. The van der Waals surface area contributed by atoms with Crippen molar-refractivity contribution in [1.29, 1.82) is 0 Å². The summed E-state index contributed by atoms with van der Waals surface area (Å²) in [5.41, 5.74) is 1.07. The molecule has 0 aliphatic rings. The summed E-state index contributed by atoms with van der Waals surface area (Å²) in [6.45, 7) is 7.44. The predicted octanol–water partition coefficient (Wildman–Crippen LogP) is 5.93. The molecule has 2 aromatic heterocycles. The summed E-state index contributed by atoms with van der Waals surface area (Å²) in [5.74, 6) is 1.07. The molecule has 0 bridgehead atoms. The topological polar surface area (TPSA) is 93.0 Å². The van der Waals surface area contributed by atoms with E-state index in [-0.39, 0.29) is 18.1 Å². The molecule has 0 aliphatic carbocycles. The van der Waals surface area contributed by atoms with E-state index in [2.05, 4.69) is 10.1 Å². The van der Waals surface area contributed by atoms with E-state index in [0.717, 1.165) is 5.56 Å². The Kier molecular flexibility index (Phi) is 7.16. The molecule has 4 rings (SSSR count). The first-order chi connectivity index (χ1) is 16.4. The standard InChI is InChI=1S/C25H25Cl3N4O3/c1-13(2)21-20-23(32(31-21)22-17(27)10-15(26)11-18(22)28)29-19(30-24(20)33)9-14-5-7-16(8-6-14)35-12-25(3,4)34/h5-8,10-11,13,34H,9,12H2,1-4H3,(H,29,30,33). The van der Waals surface area contributed by atoms with Crippen LogP contribution < -0.4 is 10.3 Å². The lowest BCUT2D eigenvalue weighted by molar-refractivity contribution is 0.0285. The minimum Gasteiger partial charge on any atom is -0.491 e. The summed E-state index contributed by atoms with van der Waals surface area (Å²) in [4.78, 5) is 20.8. The van der Waals surface area contributed by atoms with Crippen LogP contribution in [0.1, 0.15) is 50.7 Å². The van der Waals surface area contributed by atoms with Crippen LogP contribution in [-0.4, -0.2) is 37.1 Å². The second-order valence-corrected chi connectivity index (χ2v) is 10.6. The molecule has 2 aromatic carbocycles. The van der Waals surface area contributed by atoms with Crippen LogP contribution in [0.15, 0.2) is 41.2 Å². The third-order valence-electron chi connectivity index (χ3n) is 5.24. The quantitative estimate of drug-likeness (QED) is 0.306. The fraction of sp³-hybridized carbons (Fsp3) is 0.320. The molecule has 2 N–H and O–H groups in total. The van der Waals surface area contributed by atoms with Crippen molar-refractivity contribution in [2.45, 2.75) is 45.6 Å². The van der Waals surface area contributed by atoms with Crippen molar-refractivity contribution in [2.24, 2.45) is 0 Å². The second-order valence-electron chi connectivity index (χ2n) is 9.30. The Morgan fingerprint density at radius 2 is 1.74 bits per heavy atom. The third-order valence-corrected chi connectivity index (χ3v) is 6.04. The van der Waals surface area contributed by atoms with Gasteiger partial charge in [0.15, 0.2) is 5.65 Å². The molecular weight excluding hydrogens is 511 g/mol. The summed E-state index contributed by atoms with van der Waals surface area (Å²) in [5, 5.41) is 15.9. The van der Waals surface area contributed by atoms with Crippen molar-refractivity contribution < 1.29 is 9.84 Å². The first kappa shape index (κ1) is 25.5. The van der Waals surface area contributed by atoms with Gasteiger partial charge in [0.05, 0.1) is 21.3 Å². The summed E-state index contributed by atoms with van der Waals surface area (Å²) >= 11 is 19.0. The maximum atomic E-state index is 13.1. The van der Waals surface area contributed by atoms with E-state index >= 15 is 0 Å². The number of aromatic nitrogens is 4. The molecule has 2 heterocycles. The van der Waals surface area contributed by atoms with Crippen LogP contribution in [0.3, 0.4) is 0 Å². The normalized spacial score (nSPS) is 12.0. The first-order valence-electron chi connectivity index (χ1n) is 11.0. The number of ether oxygens (including phenoxy) is 1. The van der Waals surface area contributed by atoms with E-state index in [9.17, 15) is 9.90 Å². The molecule has 35 heavy (non-hydrogen) atoms. The smallest absolute Gasteiger partial charge is 0.262 e. The first-order valence-corrected chi connectivity index (χ1v) is 12.2. The molecule has 0 saturated carbocycles. The number of hydrogen-bond acceptors (Lipinski definition) is 5. The van der Waals surface area contributed by atoms with E-state index < -0.39 is 5.60 Å². The average molecular weight is 536 g/mol. The van der Waals surface area contributed by atoms with Gasteiger partial charge in [0.25, 0.3) is 5.56 Å². The summed E-state index contributed by atoms with van der Waals surface area (Å²) in [6.07, 6.45) is 0.376. The number of nitrogens with zero attached hydrogens (tertiary/aromatic N) is 3. The highest BCUT2D eigenvalue weighted by molar-refractivity contribution is 6.40. The Morgan fingerprint density at radius 3 is 2.31 bits per heavy atom. The average Bonchev–Trinajstić information content (AvgIpc) is 3.12. The Balaban J connectivity index is 1.75. The molecule has 0 atom stereocenters. The van der Waals surface area contributed by atoms with E-state index in [0.29, 0.717) is 55.5 Å². The molecular formula is C25H25Cl3N4O3. The van der Waals surface area contributed by atoms with E-state index in [1.807, 2.05) is 38.1 Å². The highest BCUT2D eigenvalue weighted by atomic mass is 35.5. The van der Waals surface area contributed by atoms with Crippen molar-refractivity contribution in [1.82, 2.24) is 19.7 Å². The largest absolute Gasteiger partial charge is 0.491 e. The van der Waals surface area contributed by atoms with Gasteiger partial charge in [-0.15, -0.1) is 0 Å². The SMILES string of the molecule is CC(C)c1nn(-c2c(Cl)cc(Cl)cc2Cl)c2nc(Cc3ccc(OCC(C)(C)O)cc3)[nH]c(=O)c12. The summed E-state index contributed by atoms with van der Waals surface area (Å²) in [7, 11) is 0. The lowest BCUT2D eigenvalue weighted by atomic mass is 10.1. The van der Waals surface area contributed by atoms with Crippen LogP contribution in [0.4, 0.5) is 0 Å². The minimum atomic E-state index is -0.925. The Bertz CT molecular complexity index is 1410. The number of aromatic amines is 1. The monoisotopic (exact) mass is 534 g/mol. The number of rotatable bonds is 7. The van der Waals surface area contributed by atoms with Crippen molar-refractivity contribution in [3.8, 4) is 11.4 Å². The summed E-state index contributed by atoms with van der Waals surface area (Å²) in [6, 6.07) is 10.5. The fourth-order valence-electron chi connectivity index (χ4n) is 3.63. The predicted molar refractivity (Wildman–Crippen MR) is 140 cm³/mol. The minimum absolute atomic E-state index is 0.0335. The van der Waals surface area contributed by atoms with Crippen molar-refractivity contribution in [3.05, 3.63) is 78.9 Å². The number of hydrogen-bond donors (Lipinski definition) is 2. The highest BCUT2D eigenvalue weighted by Gasteiger charge is 2.23. The van der Waals surface area contributed by atoms with E-state index in [1.54, 1.807) is 26.0 Å². The molecule has 10 heteroatoms. The molecule has 0 fully saturated rings. The van der Waals surface area contributed by atoms with Gasteiger partial charge in [-0.3, -0.25) is 4.79 Å². The molecule has 7 nitrogen and oxygen atoms in total. The zero-order valence-corrected chi connectivity index (χ0v) is 22.0.